The van der Waals surface area contributed by atoms with Crippen LogP contribution in [0.2, 0.25) is 0 Å². The molecule has 2 aromatic heterocycles. The summed E-state index contributed by atoms with van der Waals surface area (Å²) >= 11 is 0. The van der Waals surface area contributed by atoms with E-state index in [1.807, 2.05) is 44.2 Å². The topological polar surface area (TPSA) is 99.9 Å². The Morgan fingerprint density at radius 2 is 1.82 bits per heavy atom. The van der Waals surface area contributed by atoms with Gasteiger partial charge in [-0.15, -0.1) is 15.3 Å². The SMILES string of the molecule is COc1ccc(-c2nnc3ccc(OCCNC(=O)c4ccc(C)c(C)c4)nn23)c(OC)c1. The van der Waals surface area contributed by atoms with E-state index >= 15 is 0 Å². The number of aryl methyl sites for hydroxylation is 2. The Morgan fingerprint density at radius 3 is 2.58 bits per heavy atom. The zero-order chi connectivity index (χ0) is 23.4. The van der Waals surface area contributed by atoms with Crippen molar-refractivity contribution in [3.63, 3.8) is 0 Å². The van der Waals surface area contributed by atoms with Gasteiger partial charge in [-0.25, -0.2) is 0 Å². The minimum Gasteiger partial charge on any atom is -0.497 e. The highest BCUT2D eigenvalue weighted by Gasteiger charge is 2.16. The Morgan fingerprint density at radius 1 is 0.970 bits per heavy atom. The van der Waals surface area contributed by atoms with Crippen LogP contribution >= 0.6 is 0 Å². The fourth-order valence-electron chi connectivity index (χ4n) is 3.31. The average molecular weight is 447 g/mol. The molecule has 0 saturated carbocycles. The van der Waals surface area contributed by atoms with Crippen molar-refractivity contribution >= 4 is 11.6 Å². The molecule has 4 rings (SSSR count). The molecule has 9 nitrogen and oxygen atoms in total. The lowest BCUT2D eigenvalue weighted by Crippen LogP contribution is -2.28. The predicted octanol–water partition coefficient (Wildman–Crippen LogP) is 3.23. The predicted molar refractivity (Wildman–Crippen MR) is 123 cm³/mol. The molecule has 0 unspecified atom stereocenters. The number of ether oxygens (including phenoxy) is 3. The van der Waals surface area contributed by atoms with Crippen LogP contribution in [-0.2, 0) is 0 Å². The molecule has 0 aliphatic heterocycles. The minimum absolute atomic E-state index is 0.141. The lowest BCUT2D eigenvalue weighted by Gasteiger charge is -2.10. The summed E-state index contributed by atoms with van der Waals surface area (Å²) < 4.78 is 18.1. The molecule has 33 heavy (non-hydrogen) atoms. The first-order chi connectivity index (χ1) is 16.0. The van der Waals surface area contributed by atoms with Gasteiger partial charge in [0.15, 0.2) is 11.5 Å². The third-order valence-corrected chi connectivity index (χ3v) is 5.29. The molecule has 0 bridgehead atoms. The van der Waals surface area contributed by atoms with Crippen molar-refractivity contribution in [2.45, 2.75) is 13.8 Å². The number of nitrogens with one attached hydrogen (secondary N) is 1. The van der Waals surface area contributed by atoms with Crippen LogP contribution in [0.1, 0.15) is 21.5 Å². The van der Waals surface area contributed by atoms with Crippen LogP contribution in [0, 0.1) is 13.8 Å². The number of hydrogen-bond acceptors (Lipinski definition) is 7. The number of aromatic nitrogens is 4. The van der Waals surface area contributed by atoms with E-state index in [0.717, 1.165) is 16.7 Å². The molecule has 4 aromatic rings. The van der Waals surface area contributed by atoms with Crippen molar-refractivity contribution < 1.29 is 19.0 Å². The van der Waals surface area contributed by atoms with Gasteiger partial charge in [0, 0.05) is 17.7 Å². The zero-order valence-electron chi connectivity index (χ0n) is 19.0. The van der Waals surface area contributed by atoms with E-state index in [2.05, 4.69) is 20.6 Å². The second-order valence-corrected chi connectivity index (χ2v) is 7.43. The van der Waals surface area contributed by atoms with Gasteiger partial charge in [-0.05, 0) is 55.3 Å². The number of methoxy groups -OCH3 is 2. The van der Waals surface area contributed by atoms with E-state index in [-0.39, 0.29) is 12.5 Å². The van der Waals surface area contributed by atoms with Crippen LogP contribution in [-0.4, -0.2) is 53.1 Å². The summed E-state index contributed by atoms with van der Waals surface area (Å²) in [5.74, 6) is 2.02. The first kappa shape index (κ1) is 22.1. The lowest BCUT2D eigenvalue weighted by molar-refractivity contribution is 0.0946. The minimum atomic E-state index is -0.141. The van der Waals surface area contributed by atoms with Gasteiger partial charge in [-0.3, -0.25) is 4.79 Å². The maximum Gasteiger partial charge on any atom is 0.251 e. The normalized spacial score (nSPS) is 10.8. The number of benzene rings is 2. The molecule has 0 saturated heterocycles. The van der Waals surface area contributed by atoms with E-state index in [0.29, 0.717) is 41.0 Å². The van der Waals surface area contributed by atoms with Gasteiger partial charge in [0.05, 0.1) is 26.3 Å². The van der Waals surface area contributed by atoms with E-state index in [1.165, 1.54) is 0 Å². The first-order valence-corrected chi connectivity index (χ1v) is 10.4. The van der Waals surface area contributed by atoms with Gasteiger partial charge < -0.3 is 19.5 Å². The summed E-state index contributed by atoms with van der Waals surface area (Å²) in [4.78, 5) is 12.3. The average Bonchev–Trinajstić information content (AvgIpc) is 3.26. The van der Waals surface area contributed by atoms with Gasteiger partial charge in [-0.1, -0.05) is 6.07 Å². The number of amides is 1. The van der Waals surface area contributed by atoms with E-state index in [1.54, 1.807) is 36.9 Å². The Kier molecular flexibility index (Phi) is 6.39. The fourth-order valence-corrected chi connectivity index (χ4v) is 3.31. The van der Waals surface area contributed by atoms with Gasteiger partial charge >= 0.3 is 0 Å². The van der Waals surface area contributed by atoms with Crippen molar-refractivity contribution in [3.8, 4) is 28.8 Å². The quantitative estimate of drug-likeness (QED) is 0.414. The van der Waals surface area contributed by atoms with Crippen molar-refractivity contribution in [3.05, 3.63) is 65.2 Å². The monoisotopic (exact) mass is 447 g/mol. The molecule has 1 amide bonds. The van der Waals surface area contributed by atoms with E-state index in [4.69, 9.17) is 14.2 Å². The number of rotatable bonds is 8. The highest BCUT2D eigenvalue weighted by Crippen LogP contribution is 2.32. The maximum atomic E-state index is 12.3. The lowest BCUT2D eigenvalue weighted by atomic mass is 10.1. The number of carbonyl (C=O) groups excluding carboxylic acids is 1. The Bertz CT molecular complexity index is 1300. The smallest absolute Gasteiger partial charge is 0.251 e. The standard InChI is InChI=1S/C24H25N5O4/c1-15-5-6-17(13-16(15)2)24(30)25-11-12-33-22-10-9-21-26-27-23(29(21)28-22)19-8-7-18(31-3)14-20(19)32-4/h5-10,13-14H,11-12H2,1-4H3,(H,25,30). The molecule has 170 valence electrons. The molecule has 0 atom stereocenters. The number of fused-ring (bicyclic) bond motifs is 1. The molecule has 0 radical (unpaired) electrons. The molecular formula is C24H25N5O4. The van der Waals surface area contributed by atoms with E-state index < -0.39 is 0 Å². The summed E-state index contributed by atoms with van der Waals surface area (Å²) in [6.45, 7) is 4.60. The Hall–Kier alpha value is -4.14. The number of nitrogens with zero attached hydrogens (tertiary/aromatic N) is 4. The second-order valence-electron chi connectivity index (χ2n) is 7.43. The second kappa shape index (κ2) is 9.56. The van der Waals surface area contributed by atoms with Crippen molar-refractivity contribution in [2.75, 3.05) is 27.4 Å². The summed E-state index contributed by atoms with van der Waals surface area (Å²) in [6, 6.07) is 14.5. The van der Waals surface area contributed by atoms with Crippen molar-refractivity contribution in [2.24, 2.45) is 0 Å². The molecule has 2 heterocycles. The zero-order valence-corrected chi connectivity index (χ0v) is 19.0. The van der Waals surface area contributed by atoms with Crippen molar-refractivity contribution in [1.82, 2.24) is 25.1 Å². The molecule has 0 aliphatic carbocycles. The number of carbonyl (C=O) groups is 1. The Balaban J connectivity index is 1.44. The van der Waals surface area contributed by atoms with Gasteiger partial charge in [0.25, 0.3) is 5.91 Å². The van der Waals surface area contributed by atoms with Crippen LogP contribution in [0.5, 0.6) is 17.4 Å². The highest BCUT2D eigenvalue weighted by atomic mass is 16.5. The number of hydrogen-bond donors (Lipinski definition) is 1. The third-order valence-electron chi connectivity index (χ3n) is 5.29. The van der Waals surface area contributed by atoms with E-state index in [9.17, 15) is 4.79 Å². The van der Waals surface area contributed by atoms with Gasteiger partial charge in [0.2, 0.25) is 5.88 Å². The molecule has 0 aliphatic rings. The van der Waals surface area contributed by atoms with Crippen LogP contribution < -0.4 is 19.5 Å². The fraction of sp³-hybridized carbons (Fsp3) is 0.250. The third kappa shape index (κ3) is 4.72. The molecule has 0 spiro atoms. The molecule has 2 aromatic carbocycles. The van der Waals surface area contributed by atoms with Crippen LogP contribution in [0.25, 0.3) is 17.0 Å². The highest BCUT2D eigenvalue weighted by molar-refractivity contribution is 5.94. The summed E-state index contributed by atoms with van der Waals surface area (Å²) in [6.07, 6.45) is 0. The van der Waals surface area contributed by atoms with Gasteiger partial charge in [-0.2, -0.15) is 4.52 Å². The van der Waals surface area contributed by atoms with Gasteiger partial charge in [0.1, 0.15) is 18.1 Å². The first-order valence-electron chi connectivity index (χ1n) is 10.4. The van der Waals surface area contributed by atoms with Crippen LogP contribution in [0.4, 0.5) is 0 Å². The summed E-state index contributed by atoms with van der Waals surface area (Å²) in [5, 5.41) is 15.8. The van der Waals surface area contributed by atoms with Crippen molar-refractivity contribution in [1.29, 1.82) is 0 Å². The summed E-state index contributed by atoms with van der Waals surface area (Å²) in [7, 11) is 3.17. The Labute approximate surface area is 191 Å². The molecule has 9 heteroatoms. The van der Waals surface area contributed by atoms with Crippen LogP contribution in [0.3, 0.4) is 0 Å². The van der Waals surface area contributed by atoms with Crippen LogP contribution in [0.15, 0.2) is 48.5 Å². The molecule has 0 fully saturated rings. The molecular weight excluding hydrogens is 422 g/mol. The largest absolute Gasteiger partial charge is 0.497 e. The molecule has 1 N–H and O–H groups in total. The summed E-state index contributed by atoms with van der Waals surface area (Å²) in [5.41, 5.74) is 4.14. The maximum absolute atomic E-state index is 12.3.